The summed E-state index contributed by atoms with van der Waals surface area (Å²) in [5.74, 6) is 0. The summed E-state index contributed by atoms with van der Waals surface area (Å²) in [6, 6.07) is -0.643. The average molecular weight is 217 g/mol. The molecule has 1 aliphatic rings. The maximum absolute atomic E-state index is 10.1. The Morgan fingerprint density at radius 1 is 1.33 bits per heavy atom. The van der Waals surface area contributed by atoms with E-state index in [1.165, 1.54) is 6.08 Å². The molecule has 5 N–H and O–H groups in total. The third kappa shape index (κ3) is 2.61. The van der Waals surface area contributed by atoms with Crippen LogP contribution in [0, 0.1) is 0 Å². The standard InChI is InChI=1S/C9H15NO5/c11-2-1-10-6-3-5(4-12)7(13)9(15)8(6)14/h2-3,6-10,12-15H,1,4H2. The average Bonchev–Trinajstić information content (AvgIpc) is 2.25. The smallest absolute Gasteiger partial charge is 0.133 e. The predicted octanol–water partition coefficient (Wildman–Crippen LogP) is -2.84. The van der Waals surface area contributed by atoms with Gasteiger partial charge in [0.1, 0.15) is 24.6 Å². The van der Waals surface area contributed by atoms with E-state index in [9.17, 15) is 20.1 Å². The quantitative estimate of drug-likeness (QED) is 0.256. The van der Waals surface area contributed by atoms with Gasteiger partial charge in [-0.05, 0) is 5.57 Å². The molecule has 4 atom stereocenters. The number of hydrogen-bond acceptors (Lipinski definition) is 6. The molecule has 6 nitrogen and oxygen atoms in total. The molecular weight excluding hydrogens is 202 g/mol. The first kappa shape index (κ1) is 12.3. The third-order valence-corrected chi connectivity index (χ3v) is 2.43. The maximum atomic E-state index is 10.1. The van der Waals surface area contributed by atoms with Crippen LogP contribution < -0.4 is 5.32 Å². The summed E-state index contributed by atoms with van der Waals surface area (Å²) in [5.41, 5.74) is 0.233. The molecule has 4 unspecified atom stereocenters. The second-order valence-electron chi connectivity index (χ2n) is 3.43. The lowest BCUT2D eigenvalue weighted by molar-refractivity contribution is -0.107. The molecule has 0 saturated carbocycles. The molecule has 0 spiro atoms. The Balaban J connectivity index is 2.77. The van der Waals surface area contributed by atoms with Gasteiger partial charge >= 0.3 is 0 Å². The molecular formula is C9H15NO5. The molecule has 0 aromatic carbocycles. The summed E-state index contributed by atoms with van der Waals surface area (Å²) in [7, 11) is 0. The van der Waals surface area contributed by atoms with Crippen LogP contribution in [0.3, 0.4) is 0 Å². The minimum atomic E-state index is -1.36. The van der Waals surface area contributed by atoms with Gasteiger partial charge in [0.2, 0.25) is 0 Å². The van der Waals surface area contributed by atoms with Crippen LogP contribution in [-0.2, 0) is 4.79 Å². The fraction of sp³-hybridized carbons (Fsp3) is 0.667. The van der Waals surface area contributed by atoms with E-state index in [0.29, 0.717) is 6.29 Å². The number of hydrogen-bond donors (Lipinski definition) is 5. The zero-order valence-electron chi connectivity index (χ0n) is 8.08. The molecule has 1 rings (SSSR count). The SMILES string of the molecule is O=CCNC1C=C(CO)C(O)C(O)C1O. The number of carbonyl (C=O) groups excluding carboxylic acids is 1. The highest BCUT2D eigenvalue weighted by Crippen LogP contribution is 2.19. The number of aldehydes is 1. The van der Waals surface area contributed by atoms with Gasteiger partial charge in [0, 0.05) is 0 Å². The van der Waals surface area contributed by atoms with Crippen molar-refractivity contribution in [2.24, 2.45) is 0 Å². The molecule has 1 aliphatic carbocycles. The van der Waals surface area contributed by atoms with Crippen molar-refractivity contribution in [1.82, 2.24) is 5.32 Å². The van der Waals surface area contributed by atoms with Gasteiger partial charge in [0.15, 0.2) is 0 Å². The number of carbonyl (C=O) groups is 1. The maximum Gasteiger partial charge on any atom is 0.133 e. The molecule has 0 aliphatic heterocycles. The molecule has 0 amide bonds. The van der Waals surface area contributed by atoms with E-state index in [4.69, 9.17) is 5.11 Å². The Morgan fingerprint density at radius 2 is 2.00 bits per heavy atom. The number of aliphatic hydroxyl groups excluding tert-OH is 4. The van der Waals surface area contributed by atoms with Crippen LogP contribution in [0.2, 0.25) is 0 Å². The van der Waals surface area contributed by atoms with Gasteiger partial charge in [0.25, 0.3) is 0 Å². The van der Waals surface area contributed by atoms with E-state index in [2.05, 4.69) is 5.32 Å². The van der Waals surface area contributed by atoms with E-state index < -0.39 is 31.0 Å². The molecule has 0 fully saturated rings. The minimum Gasteiger partial charge on any atom is -0.392 e. The molecule has 0 aromatic heterocycles. The lowest BCUT2D eigenvalue weighted by atomic mass is 9.88. The van der Waals surface area contributed by atoms with Crippen LogP contribution in [-0.4, -0.2) is 64.2 Å². The second-order valence-corrected chi connectivity index (χ2v) is 3.43. The molecule has 0 saturated heterocycles. The van der Waals surface area contributed by atoms with Gasteiger partial charge in [-0.3, -0.25) is 0 Å². The van der Waals surface area contributed by atoms with Crippen molar-refractivity contribution >= 4 is 6.29 Å². The highest BCUT2D eigenvalue weighted by molar-refractivity contribution is 5.52. The Hall–Kier alpha value is -0.790. The van der Waals surface area contributed by atoms with Gasteiger partial charge < -0.3 is 30.5 Å². The van der Waals surface area contributed by atoms with Crippen LogP contribution >= 0.6 is 0 Å². The predicted molar refractivity (Wildman–Crippen MR) is 51.0 cm³/mol. The monoisotopic (exact) mass is 217 g/mol. The molecule has 86 valence electrons. The fourth-order valence-electron chi connectivity index (χ4n) is 1.56. The normalized spacial score (nSPS) is 36.1. The van der Waals surface area contributed by atoms with E-state index in [1.807, 2.05) is 0 Å². The summed E-state index contributed by atoms with van der Waals surface area (Å²) in [5, 5.41) is 39.9. The summed E-state index contributed by atoms with van der Waals surface area (Å²) in [4.78, 5) is 10.1. The lowest BCUT2D eigenvalue weighted by Crippen LogP contribution is -2.54. The number of nitrogens with one attached hydrogen (secondary N) is 1. The van der Waals surface area contributed by atoms with Crippen LogP contribution in [0.15, 0.2) is 11.6 Å². The first-order valence-corrected chi connectivity index (χ1v) is 4.64. The summed E-state index contributed by atoms with van der Waals surface area (Å²) in [6.07, 6.45) is -1.78. The topological polar surface area (TPSA) is 110 Å². The zero-order chi connectivity index (χ0) is 11.4. The molecule has 0 heterocycles. The van der Waals surface area contributed by atoms with E-state index in [0.717, 1.165) is 0 Å². The summed E-state index contributed by atoms with van der Waals surface area (Å²) < 4.78 is 0. The van der Waals surface area contributed by atoms with Crippen LogP contribution in [0.5, 0.6) is 0 Å². The van der Waals surface area contributed by atoms with E-state index in [-0.39, 0.29) is 12.1 Å². The number of rotatable bonds is 4. The highest BCUT2D eigenvalue weighted by atomic mass is 16.4. The lowest BCUT2D eigenvalue weighted by Gasteiger charge is -2.34. The van der Waals surface area contributed by atoms with Crippen molar-refractivity contribution in [1.29, 1.82) is 0 Å². The Morgan fingerprint density at radius 3 is 2.53 bits per heavy atom. The van der Waals surface area contributed by atoms with Crippen LogP contribution in [0.1, 0.15) is 0 Å². The summed E-state index contributed by atoms with van der Waals surface area (Å²) in [6.45, 7) is -0.371. The first-order chi connectivity index (χ1) is 7.11. The summed E-state index contributed by atoms with van der Waals surface area (Å²) >= 11 is 0. The largest absolute Gasteiger partial charge is 0.392 e. The van der Waals surface area contributed by atoms with Gasteiger partial charge in [-0.2, -0.15) is 0 Å². The van der Waals surface area contributed by atoms with Crippen molar-refractivity contribution in [3.8, 4) is 0 Å². The van der Waals surface area contributed by atoms with Crippen molar-refractivity contribution in [2.75, 3.05) is 13.2 Å². The van der Waals surface area contributed by atoms with Crippen LogP contribution in [0.25, 0.3) is 0 Å². The van der Waals surface area contributed by atoms with Gasteiger partial charge in [-0.25, -0.2) is 0 Å². The fourth-order valence-corrected chi connectivity index (χ4v) is 1.56. The van der Waals surface area contributed by atoms with Gasteiger partial charge in [0.05, 0.1) is 19.2 Å². The van der Waals surface area contributed by atoms with Crippen LogP contribution in [0.4, 0.5) is 0 Å². The van der Waals surface area contributed by atoms with Crippen molar-refractivity contribution < 1.29 is 25.2 Å². The third-order valence-electron chi connectivity index (χ3n) is 2.43. The molecule has 0 bridgehead atoms. The Kier molecular flexibility index (Phi) is 4.37. The second kappa shape index (κ2) is 5.34. The minimum absolute atomic E-state index is 0.0275. The molecule has 6 heteroatoms. The van der Waals surface area contributed by atoms with Gasteiger partial charge in [-0.15, -0.1) is 0 Å². The Labute approximate surface area is 86.9 Å². The first-order valence-electron chi connectivity index (χ1n) is 4.64. The number of aliphatic hydroxyl groups is 4. The zero-order valence-corrected chi connectivity index (χ0v) is 8.08. The van der Waals surface area contributed by atoms with E-state index in [1.54, 1.807) is 0 Å². The van der Waals surface area contributed by atoms with Crippen molar-refractivity contribution in [2.45, 2.75) is 24.4 Å². The van der Waals surface area contributed by atoms with E-state index >= 15 is 0 Å². The molecule has 0 radical (unpaired) electrons. The Bertz CT molecular complexity index is 255. The van der Waals surface area contributed by atoms with Crippen molar-refractivity contribution in [3.05, 3.63) is 11.6 Å². The van der Waals surface area contributed by atoms with Gasteiger partial charge in [-0.1, -0.05) is 6.08 Å². The van der Waals surface area contributed by atoms with Crippen molar-refractivity contribution in [3.63, 3.8) is 0 Å². The highest BCUT2D eigenvalue weighted by Gasteiger charge is 2.36. The molecule has 0 aromatic rings. The molecule has 15 heavy (non-hydrogen) atoms.